The summed E-state index contributed by atoms with van der Waals surface area (Å²) in [4.78, 5) is 11.7. The molecule has 2 amide bonds. The van der Waals surface area contributed by atoms with E-state index in [0.29, 0.717) is 10.9 Å². The van der Waals surface area contributed by atoms with Crippen molar-refractivity contribution in [2.75, 3.05) is 5.32 Å². The van der Waals surface area contributed by atoms with E-state index in [4.69, 9.17) is 11.6 Å². The third-order valence-corrected chi connectivity index (χ3v) is 3.27. The second kappa shape index (κ2) is 6.45. The van der Waals surface area contributed by atoms with Crippen LogP contribution in [-0.2, 0) is 0 Å². The highest BCUT2D eigenvalue weighted by atomic mass is 35.5. The van der Waals surface area contributed by atoms with Crippen LogP contribution in [0.15, 0.2) is 30.0 Å². The van der Waals surface area contributed by atoms with Crippen molar-refractivity contribution in [3.63, 3.8) is 0 Å². The highest BCUT2D eigenvalue weighted by Gasteiger charge is 2.05. The number of carbonyl (C=O) groups is 1. The molecule has 0 unspecified atom stereocenters. The first-order valence-corrected chi connectivity index (χ1v) is 6.29. The highest BCUT2D eigenvalue weighted by molar-refractivity contribution is 6.31. The van der Waals surface area contributed by atoms with E-state index in [1.807, 2.05) is 19.9 Å². The predicted octanol–water partition coefficient (Wildman–Crippen LogP) is 4.33. The molecule has 0 bridgehead atoms. The first kappa shape index (κ1) is 14.6. The normalized spacial score (nSPS) is 11.6. The van der Waals surface area contributed by atoms with E-state index in [0.717, 1.165) is 16.8 Å². The molecule has 0 spiro atoms. The molecule has 0 aliphatic heterocycles. The van der Waals surface area contributed by atoms with Crippen LogP contribution < -0.4 is 10.6 Å². The van der Waals surface area contributed by atoms with Crippen LogP contribution in [0.1, 0.15) is 26.3 Å². The van der Waals surface area contributed by atoms with Gasteiger partial charge in [-0.3, -0.25) is 0 Å². The zero-order valence-corrected chi connectivity index (χ0v) is 11.9. The van der Waals surface area contributed by atoms with Crippen molar-refractivity contribution >= 4 is 23.3 Å². The van der Waals surface area contributed by atoms with Crippen LogP contribution in [0.3, 0.4) is 0 Å². The number of rotatable bonds is 3. The first-order chi connectivity index (χ1) is 8.41. The molecule has 4 heteroatoms. The Bertz CT molecular complexity index is 467. The standard InChI is InChI=1S/C14H19ClN2O/c1-9(2)10(3)8-16-14(18)17-13-7-5-6-12(15)11(13)4/h5-9H,1-4H3,(H2,16,17,18)/b10-8+. The van der Waals surface area contributed by atoms with Crippen molar-refractivity contribution in [3.05, 3.63) is 40.6 Å². The van der Waals surface area contributed by atoms with Crippen LogP contribution >= 0.6 is 11.6 Å². The molecule has 0 atom stereocenters. The molecule has 0 saturated carbocycles. The molecule has 3 nitrogen and oxygen atoms in total. The van der Waals surface area contributed by atoms with Gasteiger partial charge in [0.25, 0.3) is 0 Å². The molecule has 1 aromatic carbocycles. The topological polar surface area (TPSA) is 41.1 Å². The highest BCUT2D eigenvalue weighted by Crippen LogP contribution is 2.22. The molecule has 0 fully saturated rings. The lowest BCUT2D eigenvalue weighted by Crippen LogP contribution is -2.25. The summed E-state index contributed by atoms with van der Waals surface area (Å²) in [7, 11) is 0. The van der Waals surface area contributed by atoms with Crippen molar-refractivity contribution in [1.82, 2.24) is 5.32 Å². The first-order valence-electron chi connectivity index (χ1n) is 5.91. The van der Waals surface area contributed by atoms with Gasteiger partial charge < -0.3 is 10.6 Å². The molecule has 0 aliphatic rings. The second-order valence-electron chi connectivity index (χ2n) is 4.55. The van der Waals surface area contributed by atoms with Gasteiger partial charge in [-0.1, -0.05) is 37.1 Å². The van der Waals surface area contributed by atoms with E-state index in [1.54, 1.807) is 18.3 Å². The molecule has 18 heavy (non-hydrogen) atoms. The largest absolute Gasteiger partial charge is 0.323 e. The van der Waals surface area contributed by atoms with Crippen LogP contribution in [-0.4, -0.2) is 6.03 Å². The average Bonchev–Trinajstić information content (AvgIpc) is 2.32. The number of hydrogen-bond donors (Lipinski definition) is 2. The summed E-state index contributed by atoms with van der Waals surface area (Å²) >= 11 is 5.98. The van der Waals surface area contributed by atoms with Crippen LogP contribution in [0.2, 0.25) is 5.02 Å². The van der Waals surface area contributed by atoms with Gasteiger partial charge in [-0.25, -0.2) is 4.79 Å². The Balaban J connectivity index is 2.66. The SMILES string of the molecule is C/C(=C\NC(=O)Nc1cccc(Cl)c1C)C(C)C. The minimum atomic E-state index is -0.264. The van der Waals surface area contributed by atoms with Gasteiger partial charge in [-0.2, -0.15) is 0 Å². The van der Waals surface area contributed by atoms with E-state index in [2.05, 4.69) is 24.5 Å². The third-order valence-electron chi connectivity index (χ3n) is 2.86. The number of benzene rings is 1. The molecule has 0 aliphatic carbocycles. The van der Waals surface area contributed by atoms with Gasteiger partial charge in [0.05, 0.1) is 0 Å². The molecular formula is C14H19ClN2O. The fourth-order valence-corrected chi connectivity index (χ4v) is 1.42. The Morgan fingerprint density at radius 1 is 1.39 bits per heavy atom. The lowest BCUT2D eigenvalue weighted by molar-refractivity contribution is 0.255. The summed E-state index contributed by atoms with van der Waals surface area (Å²) in [5, 5.41) is 6.11. The van der Waals surface area contributed by atoms with Crippen LogP contribution in [0, 0.1) is 12.8 Å². The van der Waals surface area contributed by atoms with Crippen molar-refractivity contribution < 1.29 is 4.79 Å². The fraction of sp³-hybridized carbons (Fsp3) is 0.357. The lowest BCUT2D eigenvalue weighted by Gasteiger charge is -2.10. The van der Waals surface area contributed by atoms with Crippen molar-refractivity contribution in [2.45, 2.75) is 27.7 Å². The molecule has 0 saturated heterocycles. The maximum absolute atomic E-state index is 11.7. The van der Waals surface area contributed by atoms with Gasteiger partial charge in [0.15, 0.2) is 0 Å². The number of allylic oxidation sites excluding steroid dienone is 1. The number of amides is 2. The predicted molar refractivity (Wildman–Crippen MR) is 76.9 cm³/mol. The number of urea groups is 1. The van der Waals surface area contributed by atoms with Gasteiger partial charge in [0, 0.05) is 16.9 Å². The van der Waals surface area contributed by atoms with E-state index in [1.165, 1.54) is 0 Å². The number of hydrogen-bond acceptors (Lipinski definition) is 1. The van der Waals surface area contributed by atoms with Gasteiger partial charge in [-0.05, 0) is 37.5 Å². The maximum atomic E-state index is 11.7. The van der Waals surface area contributed by atoms with Crippen LogP contribution in [0.5, 0.6) is 0 Å². The van der Waals surface area contributed by atoms with Crippen molar-refractivity contribution in [2.24, 2.45) is 5.92 Å². The molecule has 1 rings (SSSR count). The van der Waals surface area contributed by atoms with Gasteiger partial charge in [0.1, 0.15) is 0 Å². The monoisotopic (exact) mass is 266 g/mol. The van der Waals surface area contributed by atoms with Gasteiger partial charge in [-0.15, -0.1) is 0 Å². The maximum Gasteiger partial charge on any atom is 0.323 e. The minimum absolute atomic E-state index is 0.264. The average molecular weight is 267 g/mol. The van der Waals surface area contributed by atoms with Gasteiger partial charge in [0.2, 0.25) is 0 Å². The summed E-state index contributed by atoms with van der Waals surface area (Å²) < 4.78 is 0. The van der Waals surface area contributed by atoms with Crippen LogP contribution in [0.4, 0.5) is 10.5 Å². The number of anilines is 1. The third kappa shape index (κ3) is 4.08. The summed E-state index contributed by atoms with van der Waals surface area (Å²) in [6.45, 7) is 8.00. The lowest BCUT2D eigenvalue weighted by atomic mass is 10.1. The molecule has 1 aromatic rings. The Labute approximate surface area is 113 Å². The van der Waals surface area contributed by atoms with Crippen molar-refractivity contribution in [3.8, 4) is 0 Å². The summed E-state index contributed by atoms with van der Waals surface area (Å²) in [6, 6.07) is 5.16. The zero-order chi connectivity index (χ0) is 13.7. The number of carbonyl (C=O) groups excluding carboxylic acids is 1. The zero-order valence-electron chi connectivity index (χ0n) is 11.2. The van der Waals surface area contributed by atoms with Crippen LogP contribution in [0.25, 0.3) is 0 Å². The van der Waals surface area contributed by atoms with E-state index in [9.17, 15) is 4.79 Å². The summed E-state index contributed by atoms with van der Waals surface area (Å²) in [5.41, 5.74) is 2.70. The Morgan fingerprint density at radius 3 is 2.67 bits per heavy atom. The second-order valence-corrected chi connectivity index (χ2v) is 4.96. The molecule has 0 aromatic heterocycles. The smallest absolute Gasteiger partial charge is 0.314 e. The summed E-state index contributed by atoms with van der Waals surface area (Å²) in [5.74, 6) is 0.415. The fourth-order valence-electron chi connectivity index (χ4n) is 1.25. The molecule has 0 radical (unpaired) electrons. The number of halogens is 1. The molecular weight excluding hydrogens is 248 g/mol. The Kier molecular flexibility index (Phi) is 5.23. The van der Waals surface area contributed by atoms with E-state index < -0.39 is 0 Å². The molecule has 0 heterocycles. The van der Waals surface area contributed by atoms with Gasteiger partial charge >= 0.3 is 6.03 Å². The quantitative estimate of drug-likeness (QED) is 0.840. The molecule has 98 valence electrons. The Hall–Kier alpha value is -1.48. The van der Waals surface area contributed by atoms with E-state index in [-0.39, 0.29) is 6.03 Å². The number of nitrogens with one attached hydrogen (secondary N) is 2. The van der Waals surface area contributed by atoms with Crippen molar-refractivity contribution in [1.29, 1.82) is 0 Å². The Morgan fingerprint density at radius 2 is 2.06 bits per heavy atom. The summed E-state index contributed by atoms with van der Waals surface area (Å²) in [6.07, 6.45) is 1.72. The van der Waals surface area contributed by atoms with E-state index >= 15 is 0 Å². The minimum Gasteiger partial charge on any atom is -0.314 e. The molecule has 2 N–H and O–H groups in total.